The maximum atomic E-state index is 9.65. The van der Waals surface area contributed by atoms with Crippen LogP contribution in [-0.4, -0.2) is 13.0 Å². The Morgan fingerprint density at radius 2 is 2.08 bits per heavy atom. The number of allylic oxidation sites excluding steroid dienone is 2. The van der Waals surface area contributed by atoms with Crippen LogP contribution in [0.1, 0.15) is 25.3 Å². The van der Waals surface area contributed by atoms with E-state index < -0.39 is 0 Å². The van der Waals surface area contributed by atoms with Gasteiger partial charge >= 0.3 is 0 Å². The molecular weight excluding hydrogens is 159 g/mol. The summed E-state index contributed by atoms with van der Waals surface area (Å²) in [6, 6.07) is 5.76. The Labute approximate surface area is 79.5 Å². The second-order valence-electron chi connectivity index (χ2n) is 3.75. The van der Waals surface area contributed by atoms with Crippen molar-refractivity contribution in [1.82, 2.24) is 0 Å². The molecule has 1 aliphatic rings. The molecule has 1 aromatic carbocycles. The number of aromatic hydroxyl groups is 1. The summed E-state index contributed by atoms with van der Waals surface area (Å²) >= 11 is 0. The molecule has 0 bridgehead atoms. The lowest BCUT2D eigenvalue weighted by atomic mass is 9.92. The predicted octanol–water partition coefficient (Wildman–Crippen LogP) is 1.22. The van der Waals surface area contributed by atoms with Crippen molar-refractivity contribution in [3.8, 4) is 5.75 Å². The van der Waals surface area contributed by atoms with Gasteiger partial charge in [0, 0.05) is 5.56 Å². The maximum absolute atomic E-state index is 9.65. The van der Waals surface area contributed by atoms with Gasteiger partial charge in [-0.25, -0.2) is 0 Å². The number of hydrogen-bond acceptors (Lipinski definition) is 1. The molecular formula is C11H13BO. The summed E-state index contributed by atoms with van der Waals surface area (Å²) in [5.41, 5.74) is 4.96. The molecule has 0 unspecified atom stereocenters. The highest BCUT2D eigenvalue weighted by Gasteiger charge is 2.17. The monoisotopic (exact) mass is 172 g/mol. The molecule has 0 atom stereocenters. The van der Waals surface area contributed by atoms with Crippen LogP contribution >= 0.6 is 0 Å². The van der Waals surface area contributed by atoms with Gasteiger partial charge in [0.2, 0.25) is 0 Å². The summed E-state index contributed by atoms with van der Waals surface area (Å²) < 4.78 is 0. The summed E-state index contributed by atoms with van der Waals surface area (Å²) in [6.45, 7) is 2.09. The van der Waals surface area contributed by atoms with Crippen molar-refractivity contribution in [2.45, 2.75) is 19.8 Å². The first-order valence-electron chi connectivity index (χ1n) is 4.67. The van der Waals surface area contributed by atoms with Gasteiger partial charge < -0.3 is 5.11 Å². The number of phenolic OH excluding ortho intramolecular Hbond substituents is 1. The molecule has 1 fully saturated rings. The van der Waals surface area contributed by atoms with Gasteiger partial charge in [0.25, 0.3) is 0 Å². The van der Waals surface area contributed by atoms with E-state index in [-0.39, 0.29) is 0 Å². The summed E-state index contributed by atoms with van der Waals surface area (Å²) in [5.74, 6) is 0.405. The van der Waals surface area contributed by atoms with Crippen molar-refractivity contribution in [2.75, 3.05) is 0 Å². The largest absolute Gasteiger partial charge is 0.507 e. The van der Waals surface area contributed by atoms with E-state index in [1.54, 1.807) is 6.07 Å². The number of phenols is 1. The fourth-order valence-electron chi connectivity index (χ4n) is 1.58. The highest BCUT2D eigenvalue weighted by atomic mass is 16.3. The second kappa shape index (κ2) is 2.95. The lowest BCUT2D eigenvalue weighted by Crippen LogP contribution is -2.01. The Kier molecular flexibility index (Phi) is 1.91. The Bertz CT molecular complexity index is 374. The average Bonchev–Trinajstić information content (AvgIpc) is 2.91. The van der Waals surface area contributed by atoms with Crippen LogP contribution in [0.5, 0.6) is 5.75 Å². The minimum Gasteiger partial charge on any atom is -0.507 e. The van der Waals surface area contributed by atoms with Crippen LogP contribution in [0.25, 0.3) is 5.57 Å². The zero-order chi connectivity index (χ0) is 9.42. The molecule has 0 heterocycles. The molecule has 1 N–H and O–H groups in total. The van der Waals surface area contributed by atoms with Crippen LogP contribution < -0.4 is 5.46 Å². The molecule has 66 valence electrons. The molecule has 0 radical (unpaired) electrons. The number of hydrogen-bond donors (Lipinski definition) is 1. The van der Waals surface area contributed by atoms with E-state index in [1.165, 1.54) is 29.5 Å². The molecule has 13 heavy (non-hydrogen) atoms. The van der Waals surface area contributed by atoms with E-state index >= 15 is 0 Å². The number of benzene rings is 1. The third kappa shape index (κ3) is 1.62. The SMILES string of the molecule is Bc1ccc(O)c(C(C)=C2CC2)c1. The number of rotatable bonds is 1. The molecule has 0 amide bonds. The third-order valence-corrected chi connectivity index (χ3v) is 2.59. The van der Waals surface area contributed by atoms with E-state index in [2.05, 4.69) is 13.0 Å². The molecule has 1 nitrogen and oxygen atoms in total. The Morgan fingerprint density at radius 1 is 1.38 bits per heavy atom. The van der Waals surface area contributed by atoms with Gasteiger partial charge in [-0.3, -0.25) is 0 Å². The molecule has 2 rings (SSSR count). The van der Waals surface area contributed by atoms with Crippen LogP contribution in [0.4, 0.5) is 0 Å². The summed E-state index contributed by atoms with van der Waals surface area (Å²) in [6.07, 6.45) is 2.42. The molecule has 1 aromatic rings. The highest BCUT2D eigenvalue weighted by Crippen LogP contribution is 2.38. The van der Waals surface area contributed by atoms with Gasteiger partial charge in [-0.1, -0.05) is 23.2 Å². The first kappa shape index (κ1) is 8.42. The van der Waals surface area contributed by atoms with Crippen molar-refractivity contribution >= 4 is 18.9 Å². The van der Waals surface area contributed by atoms with Gasteiger partial charge in [-0.05, 0) is 31.4 Å². The van der Waals surface area contributed by atoms with E-state index in [0.717, 1.165) is 5.56 Å². The molecule has 2 heteroatoms. The smallest absolute Gasteiger partial charge is 0.139 e. The molecule has 1 saturated carbocycles. The summed E-state index contributed by atoms with van der Waals surface area (Å²) in [7, 11) is 2.05. The van der Waals surface area contributed by atoms with Crippen LogP contribution in [0.15, 0.2) is 23.8 Å². The quantitative estimate of drug-likeness (QED) is 0.631. The minimum absolute atomic E-state index is 0.405. The topological polar surface area (TPSA) is 20.2 Å². The predicted molar refractivity (Wildman–Crippen MR) is 58.1 cm³/mol. The Hall–Kier alpha value is -1.18. The standard InChI is InChI=1S/C11H13BO/c1-7(8-2-3-8)10-6-9(12)4-5-11(10)13/h4-6,13H,2-3,12H2,1H3. The van der Waals surface area contributed by atoms with Crippen molar-refractivity contribution in [2.24, 2.45) is 0 Å². The average molecular weight is 172 g/mol. The van der Waals surface area contributed by atoms with E-state index in [4.69, 9.17) is 0 Å². The molecule has 0 aliphatic heterocycles. The second-order valence-corrected chi connectivity index (χ2v) is 3.75. The van der Waals surface area contributed by atoms with Crippen LogP contribution in [0, 0.1) is 0 Å². The fourth-order valence-corrected chi connectivity index (χ4v) is 1.58. The maximum Gasteiger partial charge on any atom is 0.139 e. The first-order valence-corrected chi connectivity index (χ1v) is 4.67. The third-order valence-electron chi connectivity index (χ3n) is 2.59. The van der Waals surface area contributed by atoms with E-state index in [1.807, 2.05) is 13.9 Å². The zero-order valence-electron chi connectivity index (χ0n) is 8.09. The van der Waals surface area contributed by atoms with Crippen LogP contribution in [-0.2, 0) is 0 Å². The summed E-state index contributed by atoms with van der Waals surface area (Å²) in [5, 5.41) is 9.65. The normalized spacial score (nSPS) is 14.4. The molecule has 0 aromatic heterocycles. The van der Waals surface area contributed by atoms with Gasteiger partial charge in [-0.2, -0.15) is 0 Å². The van der Waals surface area contributed by atoms with E-state index in [0.29, 0.717) is 5.75 Å². The van der Waals surface area contributed by atoms with Crippen molar-refractivity contribution < 1.29 is 5.11 Å². The Morgan fingerprint density at radius 3 is 2.69 bits per heavy atom. The van der Waals surface area contributed by atoms with Crippen LogP contribution in [0.3, 0.4) is 0 Å². The Balaban J connectivity index is 2.50. The van der Waals surface area contributed by atoms with Crippen molar-refractivity contribution in [3.05, 3.63) is 29.3 Å². The van der Waals surface area contributed by atoms with Gasteiger partial charge in [-0.15, -0.1) is 0 Å². The molecule has 1 aliphatic carbocycles. The molecule has 0 spiro atoms. The lowest BCUT2D eigenvalue weighted by Gasteiger charge is -2.05. The molecule has 0 saturated heterocycles. The first-order chi connectivity index (χ1) is 6.18. The van der Waals surface area contributed by atoms with Crippen molar-refractivity contribution in [3.63, 3.8) is 0 Å². The fraction of sp³-hybridized carbons (Fsp3) is 0.273. The van der Waals surface area contributed by atoms with Gasteiger partial charge in [0.15, 0.2) is 0 Å². The zero-order valence-corrected chi connectivity index (χ0v) is 8.09. The van der Waals surface area contributed by atoms with Gasteiger partial charge in [0.1, 0.15) is 13.6 Å². The minimum atomic E-state index is 0.405. The van der Waals surface area contributed by atoms with Crippen LogP contribution in [0.2, 0.25) is 0 Å². The highest BCUT2D eigenvalue weighted by molar-refractivity contribution is 6.32. The van der Waals surface area contributed by atoms with Gasteiger partial charge in [0.05, 0.1) is 0 Å². The lowest BCUT2D eigenvalue weighted by molar-refractivity contribution is 0.473. The summed E-state index contributed by atoms with van der Waals surface area (Å²) in [4.78, 5) is 0. The van der Waals surface area contributed by atoms with E-state index in [9.17, 15) is 5.11 Å². The van der Waals surface area contributed by atoms with Crippen molar-refractivity contribution in [1.29, 1.82) is 0 Å².